The van der Waals surface area contributed by atoms with Crippen molar-refractivity contribution in [2.24, 2.45) is 5.41 Å². The zero-order valence-electron chi connectivity index (χ0n) is 10.8. The van der Waals surface area contributed by atoms with Gasteiger partial charge in [0.05, 0.1) is 11.3 Å². The van der Waals surface area contributed by atoms with Crippen molar-refractivity contribution in [1.82, 2.24) is 14.8 Å². The van der Waals surface area contributed by atoms with Gasteiger partial charge < -0.3 is 20.6 Å². The summed E-state index contributed by atoms with van der Waals surface area (Å²) in [5.41, 5.74) is 5.03. The molecule has 0 aliphatic carbocycles. The lowest BCUT2D eigenvalue weighted by atomic mass is 9.73. The van der Waals surface area contributed by atoms with E-state index >= 15 is 0 Å². The second-order valence-electron chi connectivity index (χ2n) is 5.49. The number of pyridine rings is 1. The number of nitrogens with zero attached hydrogens (tertiary/aromatic N) is 3. The number of rotatable bonds is 1. The van der Waals surface area contributed by atoms with E-state index in [4.69, 9.17) is 22.4 Å². The minimum Gasteiger partial charge on any atom is -0.465 e. The maximum absolute atomic E-state index is 13.5. The Morgan fingerprint density at radius 3 is 2.48 bits per heavy atom. The highest BCUT2D eigenvalue weighted by atomic mass is 35.5. The van der Waals surface area contributed by atoms with Gasteiger partial charge in [-0.2, -0.15) is 0 Å². The fourth-order valence-corrected chi connectivity index (χ4v) is 2.97. The number of hydrogen-bond acceptors (Lipinski definition) is 4. The number of likely N-dealkylation sites (tertiary alicyclic amines) is 2. The van der Waals surface area contributed by atoms with E-state index in [9.17, 15) is 14.0 Å². The molecular weight excluding hydrogens is 303 g/mol. The number of carbonyl (C=O) groups excluding carboxylic acids is 1. The van der Waals surface area contributed by atoms with Gasteiger partial charge >= 0.3 is 6.09 Å². The lowest BCUT2D eigenvalue weighted by Crippen LogP contribution is -2.73. The molecule has 21 heavy (non-hydrogen) atoms. The lowest BCUT2D eigenvalue weighted by Gasteiger charge is -2.59. The quantitative estimate of drug-likeness (QED) is 0.750. The van der Waals surface area contributed by atoms with Crippen LogP contribution in [0.4, 0.5) is 14.9 Å². The van der Waals surface area contributed by atoms with Gasteiger partial charge in [0.25, 0.3) is 5.91 Å². The molecule has 2 fully saturated rings. The largest absolute Gasteiger partial charge is 0.465 e. The van der Waals surface area contributed by atoms with Crippen LogP contribution in [0.15, 0.2) is 6.20 Å². The summed E-state index contributed by atoms with van der Waals surface area (Å²) in [6.45, 7) is 1.68. The van der Waals surface area contributed by atoms with Crippen molar-refractivity contribution >= 4 is 29.3 Å². The van der Waals surface area contributed by atoms with E-state index in [0.29, 0.717) is 26.2 Å². The summed E-state index contributed by atoms with van der Waals surface area (Å²) in [6.07, 6.45) is 0.192. The van der Waals surface area contributed by atoms with E-state index in [1.807, 2.05) is 0 Å². The zero-order chi connectivity index (χ0) is 15.4. The Balaban J connectivity index is 1.67. The number of aromatic nitrogens is 1. The average Bonchev–Trinajstić information content (AvgIpc) is 2.32. The van der Waals surface area contributed by atoms with Crippen LogP contribution in [0, 0.1) is 11.2 Å². The highest BCUT2D eigenvalue weighted by Crippen LogP contribution is 2.40. The van der Waals surface area contributed by atoms with E-state index < -0.39 is 17.8 Å². The highest BCUT2D eigenvalue weighted by molar-refractivity contribution is 6.30. The van der Waals surface area contributed by atoms with Gasteiger partial charge in [-0.05, 0) is 0 Å². The summed E-state index contributed by atoms with van der Waals surface area (Å²) < 4.78 is 13.5. The lowest BCUT2D eigenvalue weighted by molar-refractivity contribution is -0.0852. The monoisotopic (exact) mass is 314 g/mol. The number of halogens is 2. The van der Waals surface area contributed by atoms with Crippen molar-refractivity contribution in [3.8, 4) is 0 Å². The summed E-state index contributed by atoms with van der Waals surface area (Å²) in [7, 11) is 0. The van der Waals surface area contributed by atoms with Crippen LogP contribution in [0.3, 0.4) is 0 Å². The van der Waals surface area contributed by atoms with Crippen molar-refractivity contribution < 1.29 is 19.1 Å². The maximum Gasteiger partial charge on any atom is 0.407 e. The molecule has 0 saturated carbocycles. The van der Waals surface area contributed by atoms with Crippen LogP contribution in [0.1, 0.15) is 10.4 Å². The summed E-state index contributed by atoms with van der Waals surface area (Å²) in [5, 5.41) is 8.42. The Morgan fingerprint density at radius 2 is 1.90 bits per heavy atom. The molecule has 2 aliphatic rings. The predicted octanol–water partition coefficient (Wildman–Crippen LogP) is 0.892. The Bertz CT molecular complexity index is 640. The van der Waals surface area contributed by atoms with E-state index in [1.54, 1.807) is 0 Å². The van der Waals surface area contributed by atoms with Gasteiger partial charge in [-0.3, -0.25) is 4.79 Å². The molecule has 2 saturated heterocycles. The van der Waals surface area contributed by atoms with E-state index in [0.717, 1.165) is 6.20 Å². The van der Waals surface area contributed by atoms with E-state index in [2.05, 4.69) is 4.98 Å². The van der Waals surface area contributed by atoms with Gasteiger partial charge in [0.15, 0.2) is 11.0 Å². The van der Waals surface area contributed by atoms with Crippen LogP contribution in [0.25, 0.3) is 0 Å². The molecule has 1 aromatic rings. The third-order valence-corrected chi connectivity index (χ3v) is 4.17. The van der Waals surface area contributed by atoms with Crippen LogP contribution in [0.5, 0.6) is 0 Å². The van der Waals surface area contributed by atoms with Crippen molar-refractivity contribution in [1.29, 1.82) is 0 Å². The number of amides is 2. The number of nitrogen functional groups attached to an aromatic ring is 1. The summed E-state index contributed by atoms with van der Waals surface area (Å²) in [4.78, 5) is 29.3. The molecule has 3 N–H and O–H groups in total. The zero-order valence-corrected chi connectivity index (χ0v) is 11.6. The minimum atomic E-state index is -0.960. The molecule has 0 aromatic carbocycles. The molecule has 0 unspecified atom stereocenters. The second kappa shape index (κ2) is 4.45. The molecule has 3 rings (SSSR count). The molecule has 0 atom stereocenters. The van der Waals surface area contributed by atoms with Crippen molar-refractivity contribution in [2.75, 3.05) is 31.9 Å². The first-order chi connectivity index (χ1) is 9.83. The Morgan fingerprint density at radius 1 is 1.33 bits per heavy atom. The van der Waals surface area contributed by atoms with Crippen LogP contribution >= 0.6 is 11.6 Å². The molecule has 2 amide bonds. The van der Waals surface area contributed by atoms with E-state index in [1.165, 1.54) is 9.80 Å². The number of carbonyl (C=O) groups is 2. The number of nitrogens with two attached hydrogens (primary N) is 1. The Kier molecular flexibility index (Phi) is 2.94. The van der Waals surface area contributed by atoms with Crippen molar-refractivity contribution in [3.05, 3.63) is 22.7 Å². The summed E-state index contributed by atoms with van der Waals surface area (Å²) in [5.74, 6) is -1.33. The standard InChI is InChI=1S/C12H12ClFN4O3/c13-9-7(14)8(15)6(1-16-9)10(19)17-2-12(3-17)4-18(5-12)11(20)21/h1H,2-5H2,(H2,15,16)(H,20,21). The number of hydrogen-bond donors (Lipinski definition) is 2. The predicted molar refractivity (Wildman–Crippen MR) is 71.6 cm³/mol. The topological polar surface area (TPSA) is 99.8 Å². The molecule has 3 heterocycles. The Hall–Kier alpha value is -2.09. The molecule has 1 spiro atoms. The number of anilines is 1. The molecule has 7 nitrogen and oxygen atoms in total. The van der Waals surface area contributed by atoms with Gasteiger partial charge in [0, 0.05) is 37.8 Å². The average molecular weight is 315 g/mol. The van der Waals surface area contributed by atoms with Gasteiger partial charge in [0.2, 0.25) is 0 Å². The van der Waals surface area contributed by atoms with Gasteiger partial charge in [-0.25, -0.2) is 14.2 Å². The van der Waals surface area contributed by atoms with E-state index in [-0.39, 0.29) is 21.8 Å². The smallest absolute Gasteiger partial charge is 0.407 e. The molecule has 9 heteroatoms. The van der Waals surface area contributed by atoms with Crippen molar-refractivity contribution in [2.45, 2.75) is 0 Å². The van der Waals surface area contributed by atoms with Crippen LogP contribution in [0.2, 0.25) is 5.15 Å². The molecule has 1 aromatic heterocycles. The van der Waals surface area contributed by atoms with Crippen molar-refractivity contribution in [3.63, 3.8) is 0 Å². The summed E-state index contributed by atoms with van der Waals surface area (Å²) in [6, 6.07) is 0. The second-order valence-corrected chi connectivity index (χ2v) is 5.85. The van der Waals surface area contributed by atoms with Crippen LogP contribution < -0.4 is 5.73 Å². The molecule has 0 radical (unpaired) electrons. The molecule has 112 valence electrons. The van der Waals surface area contributed by atoms with Gasteiger partial charge in [-0.15, -0.1) is 0 Å². The third-order valence-electron chi connectivity index (χ3n) is 3.91. The highest BCUT2D eigenvalue weighted by Gasteiger charge is 2.54. The fourth-order valence-electron chi connectivity index (χ4n) is 2.82. The molecular formula is C12H12ClFN4O3. The first kappa shape index (κ1) is 13.9. The first-order valence-corrected chi connectivity index (χ1v) is 6.57. The fraction of sp³-hybridized carbons (Fsp3) is 0.417. The normalized spacial score (nSPS) is 19.1. The first-order valence-electron chi connectivity index (χ1n) is 6.20. The summed E-state index contributed by atoms with van der Waals surface area (Å²) >= 11 is 5.49. The molecule has 0 bridgehead atoms. The third kappa shape index (κ3) is 2.06. The van der Waals surface area contributed by atoms with Crippen LogP contribution in [-0.2, 0) is 0 Å². The minimum absolute atomic E-state index is 0.0267. The molecule has 2 aliphatic heterocycles. The number of carboxylic acid groups (broad SMARTS) is 1. The Labute approximate surface area is 124 Å². The van der Waals surface area contributed by atoms with Gasteiger partial charge in [-0.1, -0.05) is 11.6 Å². The maximum atomic E-state index is 13.5. The van der Waals surface area contributed by atoms with Gasteiger partial charge in [0.1, 0.15) is 0 Å². The SMILES string of the molecule is Nc1c(C(=O)N2CC3(CN(C(=O)O)C3)C2)cnc(Cl)c1F. The van der Waals surface area contributed by atoms with Crippen LogP contribution in [-0.4, -0.2) is 58.1 Å².